The highest BCUT2D eigenvalue weighted by Gasteiger charge is 2.17. The zero-order valence-electron chi connectivity index (χ0n) is 12.5. The maximum Gasteiger partial charge on any atom is 0.408 e. The summed E-state index contributed by atoms with van der Waals surface area (Å²) in [5.74, 6) is -2.29. The fourth-order valence-corrected chi connectivity index (χ4v) is 1.46. The van der Waals surface area contributed by atoms with Crippen LogP contribution in [0.1, 0.15) is 31.1 Å². The van der Waals surface area contributed by atoms with E-state index in [0.717, 1.165) is 12.1 Å². The smallest absolute Gasteiger partial charge is 0.408 e. The summed E-state index contributed by atoms with van der Waals surface area (Å²) in [5, 5.41) is 22.9. The summed E-state index contributed by atoms with van der Waals surface area (Å²) in [4.78, 5) is 33.9. The molecule has 2 amide bonds. The van der Waals surface area contributed by atoms with Crippen LogP contribution in [0.5, 0.6) is 5.75 Å². The van der Waals surface area contributed by atoms with Crippen LogP contribution in [-0.4, -0.2) is 40.3 Å². The molecule has 0 aliphatic rings. The largest absolute Gasteiger partial charge is 0.507 e. The van der Waals surface area contributed by atoms with Crippen LogP contribution in [0.15, 0.2) is 18.2 Å². The zero-order chi connectivity index (χ0) is 16.9. The average molecular weight is 310 g/mol. The molecule has 0 spiro atoms. The van der Waals surface area contributed by atoms with E-state index in [1.54, 1.807) is 20.8 Å². The van der Waals surface area contributed by atoms with Gasteiger partial charge in [-0.1, -0.05) is 0 Å². The Labute approximate surface area is 127 Å². The van der Waals surface area contributed by atoms with Crippen LogP contribution in [0.4, 0.5) is 10.5 Å². The number of carbonyl (C=O) groups excluding carboxylic acids is 2. The Morgan fingerprint density at radius 1 is 1.23 bits per heavy atom. The summed E-state index contributed by atoms with van der Waals surface area (Å²) >= 11 is 0. The highest BCUT2D eigenvalue weighted by molar-refractivity contribution is 5.97. The van der Waals surface area contributed by atoms with Gasteiger partial charge in [0.1, 0.15) is 23.5 Å². The van der Waals surface area contributed by atoms with Crippen LogP contribution in [0.3, 0.4) is 0 Å². The molecule has 0 saturated carbocycles. The van der Waals surface area contributed by atoms with Gasteiger partial charge in [-0.25, -0.2) is 9.59 Å². The van der Waals surface area contributed by atoms with Crippen molar-refractivity contribution in [3.8, 4) is 5.75 Å². The third kappa shape index (κ3) is 5.70. The molecule has 22 heavy (non-hydrogen) atoms. The number of nitrogens with one attached hydrogen (secondary N) is 2. The Kier molecular flexibility index (Phi) is 5.33. The predicted octanol–water partition coefficient (Wildman–Crippen LogP) is 1.55. The van der Waals surface area contributed by atoms with E-state index in [9.17, 15) is 19.5 Å². The van der Waals surface area contributed by atoms with E-state index in [0.29, 0.717) is 0 Å². The van der Waals surface area contributed by atoms with Crippen molar-refractivity contribution >= 4 is 23.7 Å². The highest BCUT2D eigenvalue weighted by Crippen LogP contribution is 2.21. The lowest BCUT2D eigenvalue weighted by Crippen LogP contribution is -2.37. The molecular weight excluding hydrogens is 292 g/mol. The minimum atomic E-state index is -1.32. The first-order valence-electron chi connectivity index (χ1n) is 6.41. The SMILES string of the molecule is CC(C)(C)OC(=O)NCC(=O)Nc1ccc(O)c(C(=O)O)c1. The molecule has 0 aromatic heterocycles. The number of rotatable bonds is 4. The second kappa shape index (κ2) is 6.79. The van der Waals surface area contributed by atoms with E-state index in [1.165, 1.54) is 6.07 Å². The molecule has 1 rings (SSSR count). The minimum absolute atomic E-state index is 0.186. The van der Waals surface area contributed by atoms with E-state index < -0.39 is 29.3 Å². The molecule has 1 aromatic rings. The van der Waals surface area contributed by atoms with Crippen molar-refractivity contribution in [2.45, 2.75) is 26.4 Å². The van der Waals surface area contributed by atoms with Crippen molar-refractivity contribution in [1.29, 1.82) is 0 Å². The van der Waals surface area contributed by atoms with Crippen molar-refractivity contribution in [3.05, 3.63) is 23.8 Å². The number of carboxylic acids is 1. The van der Waals surface area contributed by atoms with Crippen LogP contribution in [0.25, 0.3) is 0 Å². The predicted molar refractivity (Wildman–Crippen MR) is 77.9 cm³/mol. The molecule has 0 saturated heterocycles. The lowest BCUT2D eigenvalue weighted by atomic mass is 10.2. The fraction of sp³-hybridized carbons (Fsp3) is 0.357. The number of carboxylic acid groups (broad SMARTS) is 1. The molecule has 0 aliphatic heterocycles. The van der Waals surface area contributed by atoms with E-state index >= 15 is 0 Å². The number of carbonyl (C=O) groups is 3. The maximum absolute atomic E-state index is 11.7. The molecule has 8 nitrogen and oxygen atoms in total. The van der Waals surface area contributed by atoms with Crippen molar-refractivity contribution in [3.63, 3.8) is 0 Å². The number of amides is 2. The van der Waals surface area contributed by atoms with Gasteiger partial charge in [-0.2, -0.15) is 0 Å². The molecule has 8 heteroatoms. The second-order valence-corrected chi connectivity index (χ2v) is 5.44. The van der Waals surface area contributed by atoms with E-state index in [-0.39, 0.29) is 17.8 Å². The normalized spacial score (nSPS) is 10.7. The Hall–Kier alpha value is -2.77. The first-order chi connectivity index (χ1) is 10.1. The van der Waals surface area contributed by atoms with Gasteiger partial charge in [0.25, 0.3) is 0 Å². The average Bonchev–Trinajstić information content (AvgIpc) is 2.36. The monoisotopic (exact) mass is 310 g/mol. The fourth-order valence-electron chi connectivity index (χ4n) is 1.46. The summed E-state index contributed by atoms with van der Waals surface area (Å²) in [6.07, 6.45) is -0.736. The second-order valence-electron chi connectivity index (χ2n) is 5.44. The van der Waals surface area contributed by atoms with Gasteiger partial charge in [0.05, 0.1) is 0 Å². The van der Waals surface area contributed by atoms with Crippen LogP contribution in [-0.2, 0) is 9.53 Å². The molecule has 0 bridgehead atoms. The van der Waals surface area contributed by atoms with Gasteiger partial charge in [0.2, 0.25) is 5.91 Å². The number of aromatic carboxylic acids is 1. The van der Waals surface area contributed by atoms with E-state index in [1.807, 2.05) is 0 Å². The van der Waals surface area contributed by atoms with Crippen LogP contribution < -0.4 is 10.6 Å². The molecule has 0 radical (unpaired) electrons. The van der Waals surface area contributed by atoms with Gasteiger partial charge in [-0.15, -0.1) is 0 Å². The number of ether oxygens (including phenoxy) is 1. The van der Waals surface area contributed by atoms with Crippen molar-refractivity contribution in [1.82, 2.24) is 5.32 Å². The molecule has 1 aromatic carbocycles. The number of hydrogen-bond donors (Lipinski definition) is 4. The lowest BCUT2D eigenvalue weighted by Gasteiger charge is -2.19. The first-order valence-corrected chi connectivity index (χ1v) is 6.41. The molecule has 4 N–H and O–H groups in total. The van der Waals surface area contributed by atoms with Gasteiger partial charge in [0.15, 0.2) is 0 Å². The van der Waals surface area contributed by atoms with Crippen LogP contribution in [0.2, 0.25) is 0 Å². The Morgan fingerprint density at radius 2 is 1.86 bits per heavy atom. The summed E-state index contributed by atoms with van der Waals surface area (Å²) in [7, 11) is 0. The molecule has 0 heterocycles. The number of anilines is 1. The van der Waals surface area contributed by atoms with Gasteiger partial charge >= 0.3 is 12.1 Å². The minimum Gasteiger partial charge on any atom is -0.507 e. The third-order valence-electron chi connectivity index (χ3n) is 2.30. The third-order valence-corrected chi connectivity index (χ3v) is 2.30. The van der Waals surface area contributed by atoms with E-state index in [2.05, 4.69) is 10.6 Å². The Balaban J connectivity index is 2.57. The standard InChI is InChI=1S/C14H18N2O6/c1-14(2,3)22-13(21)15-7-11(18)16-8-4-5-10(17)9(6-8)12(19)20/h4-6,17H,7H2,1-3H3,(H,15,21)(H,16,18)(H,19,20). The van der Waals surface area contributed by atoms with Crippen molar-refractivity contribution < 1.29 is 29.3 Å². The quantitative estimate of drug-likeness (QED) is 0.625. The number of benzene rings is 1. The lowest BCUT2D eigenvalue weighted by molar-refractivity contribution is -0.115. The summed E-state index contributed by atoms with van der Waals surface area (Å²) < 4.78 is 4.96. The number of aromatic hydroxyl groups is 1. The first kappa shape index (κ1) is 17.3. The number of alkyl carbamates (subject to hydrolysis) is 1. The van der Waals surface area contributed by atoms with Gasteiger partial charge in [-0.05, 0) is 39.0 Å². The summed E-state index contributed by atoms with van der Waals surface area (Å²) in [6.45, 7) is 4.74. The Morgan fingerprint density at radius 3 is 2.41 bits per heavy atom. The summed E-state index contributed by atoms with van der Waals surface area (Å²) in [6, 6.07) is 3.61. The van der Waals surface area contributed by atoms with Crippen molar-refractivity contribution in [2.24, 2.45) is 0 Å². The maximum atomic E-state index is 11.7. The highest BCUT2D eigenvalue weighted by atomic mass is 16.6. The topological polar surface area (TPSA) is 125 Å². The Bertz CT molecular complexity index is 591. The van der Waals surface area contributed by atoms with Gasteiger partial charge < -0.3 is 25.6 Å². The van der Waals surface area contributed by atoms with Crippen molar-refractivity contribution in [2.75, 3.05) is 11.9 Å². The van der Waals surface area contributed by atoms with Gasteiger partial charge in [-0.3, -0.25) is 4.79 Å². The summed E-state index contributed by atoms with van der Waals surface area (Å²) in [5.41, 5.74) is -0.822. The number of phenols is 1. The number of hydrogen-bond acceptors (Lipinski definition) is 5. The van der Waals surface area contributed by atoms with E-state index in [4.69, 9.17) is 9.84 Å². The molecule has 0 unspecified atom stereocenters. The molecule has 120 valence electrons. The molecule has 0 fully saturated rings. The molecule has 0 aliphatic carbocycles. The molecular formula is C14H18N2O6. The van der Waals surface area contributed by atoms with Gasteiger partial charge in [0, 0.05) is 5.69 Å². The zero-order valence-corrected chi connectivity index (χ0v) is 12.5. The molecule has 0 atom stereocenters. The van der Waals surface area contributed by atoms with Crippen LogP contribution in [0, 0.1) is 0 Å². The van der Waals surface area contributed by atoms with Crippen LogP contribution >= 0.6 is 0 Å².